The summed E-state index contributed by atoms with van der Waals surface area (Å²) in [4.78, 5) is 0. The Morgan fingerprint density at radius 3 is 2.67 bits per heavy atom. The van der Waals surface area contributed by atoms with Crippen molar-refractivity contribution in [1.29, 1.82) is 0 Å². The molecule has 1 nitrogen and oxygen atoms in total. The number of hydrogen-bond acceptors (Lipinski definition) is 1. The van der Waals surface area contributed by atoms with Crippen molar-refractivity contribution in [2.75, 3.05) is 0 Å². The van der Waals surface area contributed by atoms with Crippen molar-refractivity contribution in [2.24, 2.45) is 5.73 Å². The number of nitrogens with two attached hydrogens (primary N) is 1. The number of rotatable bonds is 1. The molecule has 2 rings (SSSR count). The Bertz CT molecular complexity index is 313. The van der Waals surface area contributed by atoms with Crippen LogP contribution in [-0.2, 0) is 0 Å². The molecule has 0 saturated heterocycles. The van der Waals surface area contributed by atoms with E-state index in [0.717, 1.165) is 12.0 Å². The second kappa shape index (κ2) is 2.82. The minimum atomic E-state index is -0.215. The normalized spacial score (nSPS) is 27.2. The standard InChI is InChI=1S/C9H9BrFN/c10-7-3-5(1-2-8(7)11)6-4-9(6)12/h1-3,6,9H,4,12H2. The zero-order valence-electron chi connectivity index (χ0n) is 6.43. The Balaban J connectivity index is 2.29. The average Bonchev–Trinajstić information content (AvgIpc) is 2.73. The van der Waals surface area contributed by atoms with Crippen LogP contribution < -0.4 is 5.73 Å². The molecule has 2 N–H and O–H groups in total. The first-order valence-electron chi connectivity index (χ1n) is 3.89. The molecule has 1 saturated carbocycles. The maximum absolute atomic E-state index is 12.8. The lowest BCUT2D eigenvalue weighted by molar-refractivity contribution is 0.620. The van der Waals surface area contributed by atoms with Crippen LogP contribution >= 0.6 is 15.9 Å². The molecule has 1 aliphatic carbocycles. The summed E-state index contributed by atoms with van der Waals surface area (Å²) in [6.45, 7) is 0. The lowest BCUT2D eigenvalue weighted by atomic mass is 10.1. The van der Waals surface area contributed by atoms with Crippen LogP contribution in [0.15, 0.2) is 22.7 Å². The van der Waals surface area contributed by atoms with E-state index >= 15 is 0 Å². The molecule has 0 radical (unpaired) electrons. The molecule has 0 aliphatic heterocycles. The molecule has 2 atom stereocenters. The summed E-state index contributed by atoms with van der Waals surface area (Å²) >= 11 is 3.15. The van der Waals surface area contributed by atoms with E-state index in [0.29, 0.717) is 10.4 Å². The fourth-order valence-electron chi connectivity index (χ4n) is 1.34. The van der Waals surface area contributed by atoms with Crippen LogP contribution in [0.5, 0.6) is 0 Å². The van der Waals surface area contributed by atoms with Crippen molar-refractivity contribution in [3.05, 3.63) is 34.1 Å². The third-order valence-corrected chi connectivity index (χ3v) is 2.82. The summed E-state index contributed by atoms with van der Waals surface area (Å²) in [6, 6.07) is 5.37. The predicted molar refractivity (Wildman–Crippen MR) is 49.4 cm³/mol. The smallest absolute Gasteiger partial charge is 0.137 e. The number of benzene rings is 1. The maximum atomic E-state index is 12.8. The topological polar surface area (TPSA) is 26.0 Å². The van der Waals surface area contributed by atoms with E-state index in [-0.39, 0.29) is 11.9 Å². The maximum Gasteiger partial charge on any atom is 0.137 e. The molecule has 2 unspecified atom stereocenters. The molecular formula is C9H9BrFN. The van der Waals surface area contributed by atoms with Crippen molar-refractivity contribution < 1.29 is 4.39 Å². The molecule has 12 heavy (non-hydrogen) atoms. The average molecular weight is 230 g/mol. The number of hydrogen-bond donors (Lipinski definition) is 1. The van der Waals surface area contributed by atoms with E-state index in [4.69, 9.17) is 5.73 Å². The van der Waals surface area contributed by atoms with Gasteiger partial charge in [0.25, 0.3) is 0 Å². The van der Waals surface area contributed by atoms with Gasteiger partial charge in [-0.2, -0.15) is 0 Å². The summed E-state index contributed by atoms with van der Waals surface area (Å²) in [5.74, 6) is 0.231. The largest absolute Gasteiger partial charge is 0.327 e. The number of halogens is 2. The Hall–Kier alpha value is -0.410. The SMILES string of the molecule is NC1CC1c1ccc(F)c(Br)c1. The second-order valence-electron chi connectivity index (χ2n) is 3.18. The van der Waals surface area contributed by atoms with Crippen LogP contribution in [0.4, 0.5) is 4.39 Å². The van der Waals surface area contributed by atoms with Gasteiger partial charge >= 0.3 is 0 Å². The first-order valence-corrected chi connectivity index (χ1v) is 4.68. The van der Waals surface area contributed by atoms with Crippen molar-refractivity contribution in [3.8, 4) is 0 Å². The zero-order chi connectivity index (χ0) is 8.72. The van der Waals surface area contributed by atoms with Gasteiger partial charge in [-0.3, -0.25) is 0 Å². The highest BCUT2D eigenvalue weighted by Gasteiger charge is 2.34. The minimum Gasteiger partial charge on any atom is -0.327 e. The Morgan fingerprint density at radius 1 is 1.50 bits per heavy atom. The van der Waals surface area contributed by atoms with Crippen LogP contribution in [0.25, 0.3) is 0 Å². The summed E-state index contributed by atoms with van der Waals surface area (Å²) in [5.41, 5.74) is 6.81. The highest BCUT2D eigenvalue weighted by Crippen LogP contribution is 2.39. The fraction of sp³-hybridized carbons (Fsp3) is 0.333. The third kappa shape index (κ3) is 1.39. The van der Waals surface area contributed by atoms with Gasteiger partial charge < -0.3 is 5.73 Å². The van der Waals surface area contributed by atoms with Crippen molar-refractivity contribution in [3.63, 3.8) is 0 Å². The summed E-state index contributed by atoms with van der Waals surface area (Å²) < 4.78 is 13.3. The van der Waals surface area contributed by atoms with E-state index in [1.165, 1.54) is 6.07 Å². The van der Waals surface area contributed by atoms with Gasteiger partial charge in [-0.05, 0) is 40.0 Å². The summed E-state index contributed by atoms with van der Waals surface area (Å²) in [7, 11) is 0. The van der Waals surface area contributed by atoms with Crippen molar-refractivity contribution in [2.45, 2.75) is 18.4 Å². The molecule has 1 fully saturated rings. The molecule has 0 amide bonds. The Kier molecular flexibility index (Phi) is 1.93. The van der Waals surface area contributed by atoms with Gasteiger partial charge in [0.2, 0.25) is 0 Å². The monoisotopic (exact) mass is 229 g/mol. The third-order valence-electron chi connectivity index (χ3n) is 2.21. The van der Waals surface area contributed by atoms with Crippen LogP contribution in [0.2, 0.25) is 0 Å². The molecule has 1 aliphatic rings. The predicted octanol–water partition coefficient (Wildman–Crippen LogP) is 2.40. The van der Waals surface area contributed by atoms with E-state index in [2.05, 4.69) is 15.9 Å². The van der Waals surface area contributed by atoms with E-state index in [1.54, 1.807) is 6.07 Å². The molecule has 64 valence electrons. The van der Waals surface area contributed by atoms with Crippen LogP contribution in [0, 0.1) is 5.82 Å². The zero-order valence-corrected chi connectivity index (χ0v) is 8.01. The van der Waals surface area contributed by atoms with Crippen LogP contribution in [-0.4, -0.2) is 6.04 Å². The molecule has 0 heterocycles. The highest BCUT2D eigenvalue weighted by atomic mass is 79.9. The summed E-state index contributed by atoms with van der Waals surface area (Å²) in [5, 5.41) is 0. The highest BCUT2D eigenvalue weighted by molar-refractivity contribution is 9.10. The lowest BCUT2D eigenvalue weighted by Gasteiger charge is -1.99. The van der Waals surface area contributed by atoms with Gasteiger partial charge in [0.05, 0.1) is 4.47 Å². The molecule has 3 heteroatoms. The summed E-state index contributed by atoms with van der Waals surface area (Å²) in [6.07, 6.45) is 1.03. The van der Waals surface area contributed by atoms with E-state index in [9.17, 15) is 4.39 Å². The fourth-order valence-corrected chi connectivity index (χ4v) is 1.74. The molecule has 0 bridgehead atoms. The van der Waals surface area contributed by atoms with Crippen molar-refractivity contribution in [1.82, 2.24) is 0 Å². The molecule has 1 aromatic carbocycles. The molecule has 0 aromatic heterocycles. The van der Waals surface area contributed by atoms with Crippen molar-refractivity contribution >= 4 is 15.9 Å². The minimum absolute atomic E-state index is 0.215. The molecular weight excluding hydrogens is 221 g/mol. The molecule has 0 spiro atoms. The molecule has 1 aromatic rings. The van der Waals surface area contributed by atoms with Gasteiger partial charge in [-0.1, -0.05) is 6.07 Å². The van der Waals surface area contributed by atoms with Gasteiger partial charge in [0.15, 0.2) is 0 Å². The lowest BCUT2D eigenvalue weighted by Crippen LogP contribution is -2.00. The van der Waals surface area contributed by atoms with Crippen LogP contribution in [0.3, 0.4) is 0 Å². The van der Waals surface area contributed by atoms with Gasteiger partial charge in [-0.25, -0.2) is 4.39 Å². The first kappa shape index (κ1) is 8.20. The van der Waals surface area contributed by atoms with Gasteiger partial charge in [0, 0.05) is 12.0 Å². The van der Waals surface area contributed by atoms with Gasteiger partial charge in [-0.15, -0.1) is 0 Å². The van der Waals surface area contributed by atoms with Crippen LogP contribution in [0.1, 0.15) is 17.9 Å². The van der Waals surface area contributed by atoms with Gasteiger partial charge in [0.1, 0.15) is 5.82 Å². The Labute approximate surface area is 78.9 Å². The van der Waals surface area contributed by atoms with E-state index in [1.807, 2.05) is 6.07 Å². The quantitative estimate of drug-likeness (QED) is 0.787. The second-order valence-corrected chi connectivity index (χ2v) is 4.03. The Morgan fingerprint density at radius 2 is 2.17 bits per heavy atom. The van der Waals surface area contributed by atoms with E-state index < -0.39 is 0 Å². The first-order chi connectivity index (χ1) is 5.68.